The van der Waals surface area contributed by atoms with E-state index in [2.05, 4.69) is 5.32 Å². The lowest BCUT2D eigenvalue weighted by atomic mass is 10.1. The van der Waals surface area contributed by atoms with Crippen molar-refractivity contribution in [3.05, 3.63) is 52.5 Å². The maximum atomic E-state index is 12.4. The van der Waals surface area contributed by atoms with Crippen LogP contribution in [-0.2, 0) is 0 Å². The summed E-state index contributed by atoms with van der Waals surface area (Å²) in [7, 11) is 1.54. The second kappa shape index (κ2) is 7.18. The van der Waals surface area contributed by atoms with Crippen LogP contribution in [0.2, 0.25) is 5.02 Å². The number of nitrogens with one attached hydrogen (secondary N) is 1. The van der Waals surface area contributed by atoms with E-state index < -0.39 is 0 Å². The van der Waals surface area contributed by atoms with Gasteiger partial charge >= 0.3 is 0 Å². The quantitative estimate of drug-likeness (QED) is 0.893. The van der Waals surface area contributed by atoms with Gasteiger partial charge in [-0.25, -0.2) is 0 Å². The maximum Gasteiger partial charge on any atom is 0.255 e. The van der Waals surface area contributed by atoms with Gasteiger partial charge in [0, 0.05) is 5.56 Å². The molecule has 0 aliphatic carbocycles. The summed E-state index contributed by atoms with van der Waals surface area (Å²) in [5.74, 6) is 0.874. The third kappa shape index (κ3) is 3.52. The molecule has 0 aliphatic heterocycles. The second-order valence-electron chi connectivity index (χ2n) is 4.68. The number of anilines is 1. The number of hydrogen-bond donors (Lipinski definition) is 1. The first kappa shape index (κ1) is 16.2. The normalized spacial score (nSPS) is 10.2. The van der Waals surface area contributed by atoms with Crippen molar-refractivity contribution < 1.29 is 14.3 Å². The van der Waals surface area contributed by atoms with Gasteiger partial charge < -0.3 is 14.8 Å². The SMILES string of the molecule is CCOc1ccc(C(=O)Nc2c(C)cccc2Cl)cc1OC. The minimum Gasteiger partial charge on any atom is -0.493 e. The summed E-state index contributed by atoms with van der Waals surface area (Å²) in [6.07, 6.45) is 0. The fourth-order valence-corrected chi connectivity index (χ4v) is 2.33. The summed E-state index contributed by atoms with van der Waals surface area (Å²) in [5.41, 5.74) is 1.99. The van der Waals surface area contributed by atoms with Crippen LogP contribution in [-0.4, -0.2) is 19.6 Å². The highest BCUT2D eigenvalue weighted by Crippen LogP contribution is 2.30. The van der Waals surface area contributed by atoms with Gasteiger partial charge in [-0.1, -0.05) is 23.7 Å². The Hall–Kier alpha value is -2.20. The van der Waals surface area contributed by atoms with E-state index in [1.165, 1.54) is 7.11 Å². The number of benzene rings is 2. The molecule has 0 bridgehead atoms. The molecule has 0 spiro atoms. The van der Waals surface area contributed by atoms with Crippen molar-refractivity contribution in [1.29, 1.82) is 0 Å². The molecule has 4 nitrogen and oxygen atoms in total. The van der Waals surface area contributed by atoms with Gasteiger partial charge in [-0.2, -0.15) is 0 Å². The summed E-state index contributed by atoms with van der Waals surface area (Å²) in [6, 6.07) is 10.5. The number of carbonyl (C=O) groups excluding carboxylic acids is 1. The molecule has 0 fully saturated rings. The van der Waals surface area contributed by atoms with Crippen LogP contribution in [0, 0.1) is 6.92 Å². The third-order valence-electron chi connectivity index (χ3n) is 3.19. The first-order valence-electron chi connectivity index (χ1n) is 6.94. The fraction of sp³-hybridized carbons (Fsp3) is 0.235. The molecule has 0 radical (unpaired) electrons. The summed E-state index contributed by atoms with van der Waals surface area (Å²) in [6.45, 7) is 4.31. The Balaban J connectivity index is 2.26. The van der Waals surface area contributed by atoms with Gasteiger partial charge in [0.25, 0.3) is 5.91 Å². The van der Waals surface area contributed by atoms with Gasteiger partial charge in [-0.05, 0) is 43.7 Å². The van der Waals surface area contributed by atoms with Gasteiger partial charge in [0.15, 0.2) is 11.5 Å². The van der Waals surface area contributed by atoms with Crippen molar-refractivity contribution in [2.24, 2.45) is 0 Å². The molecule has 1 amide bonds. The van der Waals surface area contributed by atoms with Crippen LogP contribution >= 0.6 is 11.6 Å². The smallest absolute Gasteiger partial charge is 0.255 e. The van der Waals surface area contributed by atoms with Gasteiger partial charge in [0.05, 0.1) is 24.4 Å². The van der Waals surface area contributed by atoms with Crippen molar-refractivity contribution in [1.82, 2.24) is 0 Å². The molecular formula is C17H18ClNO3. The molecule has 116 valence electrons. The second-order valence-corrected chi connectivity index (χ2v) is 5.09. The van der Waals surface area contributed by atoms with E-state index >= 15 is 0 Å². The van der Waals surface area contributed by atoms with Crippen molar-refractivity contribution in [3.63, 3.8) is 0 Å². The average molecular weight is 320 g/mol. The number of aryl methyl sites for hydroxylation is 1. The van der Waals surface area contributed by atoms with E-state index in [-0.39, 0.29) is 5.91 Å². The molecule has 5 heteroatoms. The van der Waals surface area contributed by atoms with E-state index in [0.717, 1.165) is 5.56 Å². The Morgan fingerprint density at radius 3 is 2.64 bits per heavy atom. The van der Waals surface area contributed by atoms with Crippen LogP contribution in [0.3, 0.4) is 0 Å². The zero-order valence-electron chi connectivity index (χ0n) is 12.8. The summed E-state index contributed by atoms with van der Waals surface area (Å²) >= 11 is 6.13. The zero-order valence-corrected chi connectivity index (χ0v) is 13.5. The number of rotatable bonds is 5. The highest BCUT2D eigenvalue weighted by atomic mass is 35.5. The predicted molar refractivity (Wildman–Crippen MR) is 88.3 cm³/mol. The van der Waals surface area contributed by atoms with Gasteiger partial charge in [-0.15, -0.1) is 0 Å². The molecule has 22 heavy (non-hydrogen) atoms. The highest BCUT2D eigenvalue weighted by molar-refractivity contribution is 6.34. The summed E-state index contributed by atoms with van der Waals surface area (Å²) in [5, 5.41) is 3.34. The minimum absolute atomic E-state index is 0.252. The Morgan fingerprint density at radius 2 is 2.00 bits per heavy atom. The van der Waals surface area contributed by atoms with E-state index in [4.69, 9.17) is 21.1 Å². The fourth-order valence-electron chi connectivity index (χ4n) is 2.06. The zero-order chi connectivity index (χ0) is 16.1. The molecule has 0 atom stereocenters. The molecule has 0 aromatic heterocycles. The number of amides is 1. The molecule has 1 N–H and O–H groups in total. The number of para-hydroxylation sites is 1. The van der Waals surface area contributed by atoms with Crippen molar-refractivity contribution in [2.45, 2.75) is 13.8 Å². The van der Waals surface area contributed by atoms with E-state index in [1.54, 1.807) is 24.3 Å². The molecule has 2 aromatic rings. The predicted octanol–water partition coefficient (Wildman–Crippen LogP) is 4.31. The van der Waals surface area contributed by atoms with Crippen molar-refractivity contribution >= 4 is 23.2 Å². The number of carbonyl (C=O) groups is 1. The first-order chi connectivity index (χ1) is 10.6. The molecule has 0 unspecified atom stereocenters. The molecule has 0 saturated carbocycles. The lowest BCUT2D eigenvalue weighted by Crippen LogP contribution is -2.13. The topological polar surface area (TPSA) is 47.6 Å². The number of hydrogen-bond acceptors (Lipinski definition) is 3. The van der Waals surface area contributed by atoms with Gasteiger partial charge in [0.1, 0.15) is 0 Å². The van der Waals surface area contributed by atoms with Crippen LogP contribution < -0.4 is 14.8 Å². The van der Waals surface area contributed by atoms with Crippen LogP contribution in [0.4, 0.5) is 5.69 Å². The molecule has 0 heterocycles. The van der Waals surface area contributed by atoms with Crippen LogP contribution in [0.1, 0.15) is 22.8 Å². The third-order valence-corrected chi connectivity index (χ3v) is 3.50. The van der Waals surface area contributed by atoms with Crippen LogP contribution in [0.25, 0.3) is 0 Å². The van der Waals surface area contributed by atoms with Crippen molar-refractivity contribution in [2.75, 3.05) is 19.0 Å². The number of ether oxygens (including phenoxy) is 2. The Morgan fingerprint density at radius 1 is 1.23 bits per heavy atom. The lowest BCUT2D eigenvalue weighted by Gasteiger charge is -2.13. The van der Waals surface area contributed by atoms with Crippen LogP contribution in [0.5, 0.6) is 11.5 Å². The van der Waals surface area contributed by atoms with Crippen LogP contribution in [0.15, 0.2) is 36.4 Å². The summed E-state index contributed by atoms with van der Waals surface area (Å²) < 4.78 is 10.7. The minimum atomic E-state index is -0.252. The van der Waals surface area contributed by atoms with E-state index in [1.807, 2.05) is 26.0 Å². The van der Waals surface area contributed by atoms with Crippen molar-refractivity contribution in [3.8, 4) is 11.5 Å². The molecule has 2 rings (SSSR count). The lowest BCUT2D eigenvalue weighted by molar-refractivity contribution is 0.102. The summed E-state index contributed by atoms with van der Waals surface area (Å²) in [4.78, 5) is 12.4. The largest absolute Gasteiger partial charge is 0.493 e. The molecular weight excluding hydrogens is 302 g/mol. The van der Waals surface area contributed by atoms with E-state index in [9.17, 15) is 4.79 Å². The Bertz CT molecular complexity index is 665. The maximum absolute atomic E-state index is 12.4. The number of methoxy groups -OCH3 is 1. The molecule has 2 aromatic carbocycles. The Labute approximate surface area is 135 Å². The van der Waals surface area contributed by atoms with E-state index in [0.29, 0.717) is 34.4 Å². The molecule has 0 saturated heterocycles. The first-order valence-corrected chi connectivity index (χ1v) is 7.32. The molecule has 0 aliphatic rings. The Kier molecular flexibility index (Phi) is 5.28. The standard InChI is InChI=1S/C17H18ClNO3/c1-4-22-14-9-8-12(10-15(14)21-3)17(20)19-16-11(2)6-5-7-13(16)18/h5-10H,4H2,1-3H3,(H,19,20). The van der Waals surface area contributed by atoms with Gasteiger partial charge in [0.2, 0.25) is 0 Å². The monoisotopic (exact) mass is 319 g/mol. The number of halogens is 1. The van der Waals surface area contributed by atoms with Gasteiger partial charge in [-0.3, -0.25) is 4.79 Å². The average Bonchev–Trinajstić information content (AvgIpc) is 2.51. The highest BCUT2D eigenvalue weighted by Gasteiger charge is 2.13.